The Bertz CT molecular complexity index is 55.0. The fourth-order valence-corrected chi connectivity index (χ4v) is 0.224. The molecule has 2 nitrogen and oxygen atoms in total. The Labute approximate surface area is 115 Å². The van der Waals surface area contributed by atoms with Crippen LogP contribution in [0.25, 0.3) is 0 Å². The van der Waals surface area contributed by atoms with Gasteiger partial charge in [0, 0.05) is 38.5 Å². The molecule has 0 aromatic carbocycles. The van der Waals surface area contributed by atoms with Crippen LogP contribution in [-0.2, 0) is 0 Å². The van der Waals surface area contributed by atoms with Gasteiger partial charge in [-0.2, -0.15) is 0 Å². The van der Waals surface area contributed by atoms with Gasteiger partial charge in [0.05, 0.1) is 0 Å². The number of hydrogen-bond donors (Lipinski definition) is 2. The Kier molecular flexibility index (Phi) is 60.2. The number of rotatable bonds is 5. The average molecular weight is 324 g/mol. The van der Waals surface area contributed by atoms with Gasteiger partial charge in [-0.05, 0) is 12.8 Å². The third kappa shape index (κ3) is 72.8. The average Bonchev–Trinajstić information content (AvgIpc) is 2.22. The molecule has 0 amide bonds. The summed E-state index contributed by atoms with van der Waals surface area (Å²) in [5.74, 6) is 0. The molecule has 93 valence electrons. The number of hydrogen-bond acceptors (Lipinski definition) is 2. The first kappa shape index (κ1) is 24.8. The molecule has 0 fully saturated rings. The monoisotopic (exact) mass is 325 g/mol. The molecule has 2 N–H and O–H groups in total. The van der Waals surface area contributed by atoms with Crippen molar-refractivity contribution in [2.24, 2.45) is 0 Å². The second kappa shape index (κ2) is 36.4. The van der Waals surface area contributed by atoms with E-state index in [0.29, 0.717) is 0 Å². The Morgan fingerprint density at radius 3 is 1.13 bits per heavy atom. The molecule has 0 saturated carbocycles. The van der Waals surface area contributed by atoms with Gasteiger partial charge in [-0.1, -0.05) is 53.4 Å². The van der Waals surface area contributed by atoms with Gasteiger partial charge in [0.1, 0.15) is 0 Å². The van der Waals surface area contributed by atoms with Gasteiger partial charge in [0.25, 0.3) is 0 Å². The molecule has 0 heterocycles. The zero-order chi connectivity index (χ0) is 11.7. The minimum atomic E-state index is 0. The predicted octanol–water partition coefficient (Wildman–Crippen LogP) is 2.67. The standard InChI is InChI=1S/2C4H9O.C4H9.Sn.H2/c2*1-2-3-4-5;1-3-4-2;;/h2*5H,1-4H2;1,3-4H2,2H3;;1H. The van der Waals surface area contributed by atoms with Crippen LogP contribution in [0.15, 0.2) is 0 Å². The van der Waals surface area contributed by atoms with Gasteiger partial charge in [-0.15, -0.1) is 0 Å². The fourth-order valence-electron chi connectivity index (χ4n) is 0.224. The van der Waals surface area contributed by atoms with Crippen LogP contribution >= 0.6 is 0 Å². The molecule has 0 aromatic rings. The minimum Gasteiger partial charge on any atom is -0.396 e. The summed E-state index contributed by atoms with van der Waals surface area (Å²) in [6.07, 6.45) is 5.63. The molecule has 0 atom stereocenters. The summed E-state index contributed by atoms with van der Waals surface area (Å²) in [4.78, 5) is 0. The number of unbranched alkanes of at least 4 members (excludes halogenated alkanes) is 3. The molecule has 7 radical (unpaired) electrons. The van der Waals surface area contributed by atoms with Crippen LogP contribution in [0, 0.1) is 20.8 Å². The topological polar surface area (TPSA) is 40.5 Å². The molecule has 0 rings (SSSR count). The van der Waals surface area contributed by atoms with E-state index in [0.717, 1.165) is 32.1 Å². The van der Waals surface area contributed by atoms with E-state index in [1.807, 2.05) is 0 Å². The largest absolute Gasteiger partial charge is 0.396 e. The van der Waals surface area contributed by atoms with E-state index >= 15 is 0 Å². The van der Waals surface area contributed by atoms with Crippen LogP contribution in [0.4, 0.5) is 0 Å². The van der Waals surface area contributed by atoms with E-state index in [2.05, 4.69) is 27.7 Å². The minimum absolute atomic E-state index is 0. The molecule has 0 saturated heterocycles. The normalized spacial score (nSPS) is 7.60. The van der Waals surface area contributed by atoms with Crippen LogP contribution in [0.3, 0.4) is 0 Å². The first-order valence-corrected chi connectivity index (χ1v) is 5.34. The Balaban J connectivity index is -0.0000000358. The van der Waals surface area contributed by atoms with Gasteiger partial charge in [0.15, 0.2) is 0 Å². The zero-order valence-electron chi connectivity index (χ0n) is 10.2. The molecule has 0 unspecified atom stereocenters. The quantitative estimate of drug-likeness (QED) is 0.764. The second-order valence-corrected chi connectivity index (χ2v) is 2.71. The van der Waals surface area contributed by atoms with Crippen molar-refractivity contribution >= 4 is 23.9 Å². The molecule has 15 heavy (non-hydrogen) atoms. The molecule has 3 heteroatoms. The van der Waals surface area contributed by atoms with Crippen LogP contribution in [-0.4, -0.2) is 47.3 Å². The summed E-state index contributed by atoms with van der Waals surface area (Å²) in [6.45, 7) is 13.3. The van der Waals surface area contributed by atoms with Crippen molar-refractivity contribution < 1.29 is 11.6 Å². The van der Waals surface area contributed by atoms with Crippen molar-refractivity contribution in [3.63, 3.8) is 0 Å². The van der Waals surface area contributed by atoms with E-state index in [1.165, 1.54) is 6.42 Å². The maximum Gasteiger partial charge on any atom is 0.0431 e. The van der Waals surface area contributed by atoms with Crippen molar-refractivity contribution in [2.45, 2.75) is 45.4 Å². The predicted molar refractivity (Wildman–Crippen MR) is 71.5 cm³/mol. The van der Waals surface area contributed by atoms with Crippen LogP contribution in [0.2, 0.25) is 0 Å². The smallest absolute Gasteiger partial charge is 0.0431 e. The third-order valence-electron chi connectivity index (χ3n) is 1.17. The van der Waals surface area contributed by atoms with Gasteiger partial charge in [0.2, 0.25) is 0 Å². The van der Waals surface area contributed by atoms with E-state index in [9.17, 15) is 0 Å². The van der Waals surface area contributed by atoms with E-state index in [1.54, 1.807) is 0 Å². The molecule has 0 aliphatic carbocycles. The van der Waals surface area contributed by atoms with Crippen molar-refractivity contribution in [2.75, 3.05) is 13.2 Å². The van der Waals surface area contributed by atoms with Gasteiger partial charge in [-0.3, -0.25) is 0 Å². The van der Waals surface area contributed by atoms with Crippen LogP contribution in [0.1, 0.15) is 46.9 Å². The third-order valence-corrected chi connectivity index (χ3v) is 1.17. The zero-order valence-corrected chi connectivity index (χ0v) is 13.0. The summed E-state index contributed by atoms with van der Waals surface area (Å²) in [7, 11) is 0. The fraction of sp³-hybridized carbons (Fsp3) is 0.750. The Morgan fingerprint density at radius 1 is 0.867 bits per heavy atom. The van der Waals surface area contributed by atoms with E-state index in [-0.39, 0.29) is 38.5 Å². The van der Waals surface area contributed by atoms with E-state index in [4.69, 9.17) is 10.2 Å². The van der Waals surface area contributed by atoms with Crippen LogP contribution < -0.4 is 0 Å². The summed E-state index contributed by atoms with van der Waals surface area (Å²) >= 11 is 0. The van der Waals surface area contributed by atoms with Crippen molar-refractivity contribution in [1.82, 2.24) is 0 Å². The molecule has 0 aromatic heterocycles. The summed E-state index contributed by atoms with van der Waals surface area (Å²) in [6, 6.07) is 0. The molecule has 0 bridgehead atoms. The summed E-state index contributed by atoms with van der Waals surface area (Å²) in [5, 5.41) is 16.1. The van der Waals surface area contributed by atoms with Gasteiger partial charge < -0.3 is 10.2 Å². The van der Waals surface area contributed by atoms with Crippen molar-refractivity contribution in [3.8, 4) is 0 Å². The first-order valence-electron chi connectivity index (χ1n) is 5.34. The molecule has 0 aliphatic heterocycles. The van der Waals surface area contributed by atoms with Gasteiger partial charge in [-0.25, -0.2) is 0 Å². The second-order valence-electron chi connectivity index (χ2n) is 2.71. The molecule has 0 aliphatic rings. The maximum atomic E-state index is 8.03. The van der Waals surface area contributed by atoms with Crippen LogP contribution in [0.5, 0.6) is 0 Å². The summed E-state index contributed by atoms with van der Waals surface area (Å²) < 4.78 is 0. The van der Waals surface area contributed by atoms with Gasteiger partial charge >= 0.3 is 0 Å². The first-order chi connectivity index (χ1) is 6.74. The SMILES string of the molecule is [CH2]CCC.[CH2]CCCO.[CH2]CCCO.[HH].[Sn]. The van der Waals surface area contributed by atoms with Crippen molar-refractivity contribution in [1.29, 1.82) is 0 Å². The Morgan fingerprint density at radius 2 is 1.13 bits per heavy atom. The van der Waals surface area contributed by atoms with Crippen molar-refractivity contribution in [3.05, 3.63) is 20.8 Å². The molecular formula is C12H29O2Sn. The maximum absolute atomic E-state index is 8.03. The number of aliphatic hydroxyl groups excluding tert-OH is 2. The summed E-state index contributed by atoms with van der Waals surface area (Å²) in [5.41, 5.74) is 0. The Hall–Kier alpha value is 0.719. The number of aliphatic hydroxyl groups is 2. The molecular weight excluding hydrogens is 295 g/mol. The molecule has 0 spiro atoms. The van der Waals surface area contributed by atoms with E-state index < -0.39 is 0 Å².